The normalized spacial score (nSPS) is 45.3. The average molecular weight is 440 g/mol. The molecule has 3 aliphatic rings. The van der Waals surface area contributed by atoms with Crippen LogP contribution in [0.2, 0.25) is 0 Å². The maximum Gasteiger partial charge on any atom is 0.186 e. The highest BCUT2D eigenvalue weighted by molar-refractivity contribution is 4.93. The minimum atomic E-state index is -1.26. The zero-order chi connectivity index (χ0) is 21.8. The summed E-state index contributed by atoms with van der Waals surface area (Å²) in [5.74, 6) is 0. The molecule has 3 rings (SSSR count). The Kier molecular flexibility index (Phi) is 8.78. The van der Waals surface area contributed by atoms with Gasteiger partial charge in [0.1, 0.15) is 48.8 Å². The number of rotatable bonds is 10. The Balaban J connectivity index is 1.52. The van der Waals surface area contributed by atoms with E-state index >= 15 is 0 Å². The van der Waals surface area contributed by atoms with E-state index in [2.05, 4.69) is 0 Å². The van der Waals surface area contributed by atoms with E-state index in [0.29, 0.717) is 0 Å². The van der Waals surface area contributed by atoms with Crippen molar-refractivity contribution in [3.05, 3.63) is 0 Å². The highest BCUT2D eigenvalue weighted by Crippen LogP contribution is 2.32. The average Bonchev–Trinajstić information content (AvgIpc) is 3.50. The Labute approximate surface area is 173 Å². The Morgan fingerprint density at radius 3 is 2.33 bits per heavy atom. The Morgan fingerprint density at radius 1 is 0.933 bits per heavy atom. The van der Waals surface area contributed by atoms with Crippen molar-refractivity contribution in [1.29, 1.82) is 0 Å². The first-order chi connectivity index (χ1) is 14.4. The van der Waals surface area contributed by atoms with E-state index in [1.165, 1.54) is 0 Å². The summed E-state index contributed by atoms with van der Waals surface area (Å²) in [7, 11) is 0. The molecule has 0 aromatic heterocycles. The highest BCUT2D eigenvalue weighted by Gasteiger charge is 2.51. The zero-order valence-corrected chi connectivity index (χ0v) is 16.7. The van der Waals surface area contributed by atoms with Crippen molar-refractivity contribution in [2.45, 2.75) is 80.9 Å². The van der Waals surface area contributed by atoms with Gasteiger partial charge in [0.15, 0.2) is 12.6 Å². The third-order valence-electron chi connectivity index (χ3n) is 5.41. The molecular formula is C18H32O12. The van der Waals surface area contributed by atoms with Gasteiger partial charge in [-0.3, -0.25) is 0 Å². The van der Waals surface area contributed by atoms with Crippen LogP contribution in [0.4, 0.5) is 0 Å². The molecule has 6 N–H and O–H groups in total. The van der Waals surface area contributed by atoms with Crippen LogP contribution in [-0.2, 0) is 28.4 Å². The molecule has 30 heavy (non-hydrogen) atoms. The molecule has 11 atom stereocenters. The van der Waals surface area contributed by atoms with Gasteiger partial charge in [0, 0.05) is 13.0 Å². The number of hydrogen-bond acceptors (Lipinski definition) is 12. The van der Waals surface area contributed by atoms with Gasteiger partial charge >= 0.3 is 0 Å². The molecule has 3 heterocycles. The largest absolute Gasteiger partial charge is 0.394 e. The zero-order valence-electron chi connectivity index (χ0n) is 16.7. The van der Waals surface area contributed by atoms with Gasteiger partial charge < -0.3 is 59.1 Å². The van der Waals surface area contributed by atoms with Crippen LogP contribution >= 0.6 is 0 Å². The van der Waals surface area contributed by atoms with E-state index in [-0.39, 0.29) is 26.2 Å². The third-order valence-corrected chi connectivity index (χ3v) is 5.41. The van der Waals surface area contributed by atoms with Crippen LogP contribution in [0.25, 0.3) is 0 Å². The molecule has 0 spiro atoms. The maximum atomic E-state index is 10.2. The summed E-state index contributed by atoms with van der Waals surface area (Å²) in [4.78, 5) is 0. The molecule has 0 saturated carbocycles. The first-order valence-electron chi connectivity index (χ1n) is 10.1. The first-order valence-corrected chi connectivity index (χ1v) is 10.1. The predicted molar refractivity (Wildman–Crippen MR) is 96.1 cm³/mol. The summed E-state index contributed by atoms with van der Waals surface area (Å²) in [5, 5.41) is 58.5. The van der Waals surface area contributed by atoms with Crippen LogP contribution in [0.1, 0.15) is 13.3 Å². The summed E-state index contributed by atoms with van der Waals surface area (Å²) >= 11 is 0. The van der Waals surface area contributed by atoms with Crippen molar-refractivity contribution in [3.63, 3.8) is 0 Å². The lowest BCUT2D eigenvalue weighted by Crippen LogP contribution is -2.57. The van der Waals surface area contributed by atoms with E-state index in [0.717, 1.165) is 0 Å². The molecule has 0 amide bonds. The molecule has 3 aliphatic heterocycles. The molecule has 12 heteroatoms. The lowest BCUT2D eigenvalue weighted by atomic mass is 10.0. The van der Waals surface area contributed by atoms with Crippen LogP contribution in [0.15, 0.2) is 0 Å². The van der Waals surface area contributed by atoms with Crippen LogP contribution in [0, 0.1) is 0 Å². The van der Waals surface area contributed by atoms with Crippen molar-refractivity contribution in [2.24, 2.45) is 0 Å². The molecule has 0 bridgehead atoms. The summed E-state index contributed by atoms with van der Waals surface area (Å²) in [6.45, 7) is 1.15. The molecule has 176 valence electrons. The Hall–Kier alpha value is -0.480. The highest BCUT2D eigenvalue weighted by atomic mass is 16.7. The Morgan fingerprint density at radius 2 is 1.67 bits per heavy atom. The van der Waals surface area contributed by atoms with E-state index in [1.54, 1.807) is 6.92 Å². The SMILES string of the molecule is CCOC(O[C@@H]1C(CO)OCC(O)[C@H]1O)[C@H]1O[C@H]1CO[C@H]1OC(CO)[C@@H](O)C[C@@H]1O. The number of hydrogen-bond donors (Lipinski definition) is 6. The molecule has 0 aromatic rings. The summed E-state index contributed by atoms with van der Waals surface area (Å²) < 4.78 is 33.1. The first kappa shape index (κ1) is 24.2. The smallest absolute Gasteiger partial charge is 0.186 e. The van der Waals surface area contributed by atoms with Crippen molar-refractivity contribution in [2.75, 3.05) is 33.0 Å². The molecule has 4 unspecified atom stereocenters. The molecule has 0 radical (unpaired) electrons. The summed E-state index contributed by atoms with van der Waals surface area (Å²) in [5.41, 5.74) is 0. The molecule has 3 saturated heterocycles. The second kappa shape index (κ2) is 10.9. The minimum Gasteiger partial charge on any atom is -0.394 e. The minimum absolute atomic E-state index is 0.0139. The van der Waals surface area contributed by atoms with Crippen molar-refractivity contribution < 1.29 is 59.1 Å². The standard InChI is InChI=1S/C18H32O12/c1-2-25-18(30-15-12(5-20)26-6-10(23)14(15)24)16-13(28-16)7-27-17-9(22)3-8(21)11(4-19)29-17/h8-24H,2-7H2,1H3/t8-,9-,10?,11?,12?,13-,14+,15+,16-,17-,18?/m0/s1. The predicted octanol–water partition coefficient (Wildman–Crippen LogP) is -3.54. The topological polar surface area (TPSA) is 180 Å². The van der Waals surface area contributed by atoms with Gasteiger partial charge in [0.05, 0.1) is 32.5 Å². The maximum absolute atomic E-state index is 10.2. The fraction of sp³-hybridized carbons (Fsp3) is 1.00. The number of aliphatic hydroxyl groups excluding tert-OH is 6. The van der Waals surface area contributed by atoms with Crippen molar-refractivity contribution >= 4 is 0 Å². The quantitative estimate of drug-likeness (QED) is 0.146. The lowest BCUT2D eigenvalue weighted by molar-refractivity contribution is -0.272. The summed E-state index contributed by atoms with van der Waals surface area (Å²) in [6, 6.07) is 0. The third kappa shape index (κ3) is 5.65. The second-order valence-corrected chi connectivity index (χ2v) is 7.61. The molecular weight excluding hydrogens is 408 g/mol. The van der Waals surface area contributed by atoms with Gasteiger partial charge in [0.2, 0.25) is 0 Å². The van der Waals surface area contributed by atoms with E-state index in [1.807, 2.05) is 0 Å². The second-order valence-electron chi connectivity index (χ2n) is 7.61. The van der Waals surface area contributed by atoms with Gasteiger partial charge in [-0.05, 0) is 6.92 Å². The van der Waals surface area contributed by atoms with Crippen LogP contribution in [-0.4, -0.2) is 131 Å². The van der Waals surface area contributed by atoms with Gasteiger partial charge in [-0.25, -0.2) is 0 Å². The number of aliphatic hydroxyl groups is 6. The lowest BCUT2D eigenvalue weighted by Gasteiger charge is -2.38. The van der Waals surface area contributed by atoms with Gasteiger partial charge in [-0.15, -0.1) is 0 Å². The van der Waals surface area contributed by atoms with E-state index in [4.69, 9.17) is 28.4 Å². The number of epoxide rings is 1. The van der Waals surface area contributed by atoms with Crippen LogP contribution < -0.4 is 0 Å². The van der Waals surface area contributed by atoms with Crippen LogP contribution in [0.3, 0.4) is 0 Å². The monoisotopic (exact) mass is 440 g/mol. The van der Waals surface area contributed by atoms with E-state index < -0.39 is 80.7 Å². The fourth-order valence-corrected chi connectivity index (χ4v) is 3.61. The Bertz CT molecular complexity index is 521. The van der Waals surface area contributed by atoms with Crippen molar-refractivity contribution in [3.8, 4) is 0 Å². The van der Waals surface area contributed by atoms with Crippen molar-refractivity contribution in [1.82, 2.24) is 0 Å². The molecule has 0 aliphatic carbocycles. The molecule has 0 aromatic carbocycles. The van der Waals surface area contributed by atoms with E-state index in [9.17, 15) is 30.6 Å². The molecule has 12 nitrogen and oxygen atoms in total. The van der Waals surface area contributed by atoms with Gasteiger partial charge in [-0.1, -0.05) is 0 Å². The van der Waals surface area contributed by atoms with Gasteiger partial charge in [0.25, 0.3) is 0 Å². The summed E-state index contributed by atoms with van der Waals surface area (Å²) in [6.07, 6.45) is -10.1. The van der Waals surface area contributed by atoms with Crippen LogP contribution in [0.5, 0.6) is 0 Å². The molecule has 3 fully saturated rings. The number of ether oxygens (including phenoxy) is 6. The van der Waals surface area contributed by atoms with Gasteiger partial charge in [-0.2, -0.15) is 0 Å². The fourth-order valence-electron chi connectivity index (χ4n) is 3.61.